The first-order valence-corrected chi connectivity index (χ1v) is 6.66. The van der Waals surface area contributed by atoms with Gasteiger partial charge < -0.3 is 15.2 Å². The molecule has 0 radical (unpaired) electrons. The number of fused-ring (bicyclic) bond motifs is 1. The molecule has 1 aliphatic rings. The molecular weight excluding hydrogens is 256 g/mol. The minimum Gasteiger partial charge on any atom is -0.385 e. The molecule has 1 aliphatic heterocycles. The fourth-order valence-electron chi connectivity index (χ4n) is 2.71. The Labute approximate surface area is 116 Å². The lowest BCUT2D eigenvalue weighted by Gasteiger charge is -2.27. The lowest BCUT2D eigenvalue weighted by Crippen LogP contribution is -2.41. The van der Waals surface area contributed by atoms with Gasteiger partial charge in [-0.25, -0.2) is 0 Å². The zero-order chi connectivity index (χ0) is 14.2. The smallest absolute Gasteiger partial charge is 0.260 e. The van der Waals surface area contributed by atoms with Crippen molar-refractivity contribution < 1.29 is 9.47 Å². The Bertz CT molecular complexity index is 687. The third-order valence-electron chi connectivity index (χ3n) is 4.00. The lowest BCUT2D eigenvalue weighted by atomic mass is 10.0. The van der Waals surface area contributed by atoms with Crippen molar-refractivity contribution in [1.82, 2.24) is 4.57 Å². The van der Waals surface area contributed by atoms with Crippen LogP contribution in [0.4, 0.5) is 5.82 Å². The minimum absolute atomic E-state index is 0.0797. The van der Waals surface area contributed by atoms with Gasteiger partial charge >= 0.3 is 0 Å². The molecule has 2 N–H and O–H groups in total. The maximum Gasteiger partial charge on any atom is 0.260 e. The van der Waals surface area contributed by atoms with Crippen LogP contribution in [0.25, 0.3) is 10.8 Å². The van der Waals surface area contributed by atoms with Crippen LogP contribution in [0.1, 0.15) is 6.42 Å². The molecule has 1 unspecified atom stereocenters. The van der Waals surface area contributed by atoms with Crippen molar-refractivity contribution in [2.75, 3.05) is 26.1 Å². The van der Waals surface area contributed by atoms with Gasteiger partial charge in [0.25, 0.3) is 5.56 Å². The van der Waals surface area contributed by atoms with E-state index in [2.05, 4.69) is 0 Å². The summed E-state index contributed by atoms with van der Waals surface area (Å²) in [4.78, 5) is 12.6. The zero-order valence-corrected chi connectivity index (χ0v) is 11.5. The number of nitrogens with zero attached hydrogens (tertiary/aromatic N) is 1. The van der Waals surface area contributed by atoms with Crippen LogP contribution in [-0.4, -0.2) is 30.5 Å². The Morgan fingerprint density at radius 2 is 2.25 bits per heavy atom. The highest BCUT2D eigenvalue weighted by atomic mass is 16.5. The number of benzene rings is 1. The molecule has 0 bridgehead atoms. The number of anilines is 1. The fraction of sp³-hybridized carbons (Fsp3) is 0.400. The highest BCUT2D eigenvalue weighted by Gasteiger charge is 2.36. The summed E-state index contributed by atoms with van der Waals surface area (Å²) in [6.45, 7) is 1.55. The predicted molar refractivity (Wildman–Crippen MR) is 77.8 cm³/mol. The van der Waals surface area contributed by atoms with Crippen molar-refractivity contribution in [2.45, 2.75) is 18.6 Å². The van der Waals surface area contributed by atoms with Gasteiger partial charge in [0.2, 0.25) is 0 Å². The van der Waals surface area contributed by atoms with Crippen molar-refractivity contribution in [2.24, 2.45) is 0 Å². The van der Waals surface area contributed by atoms with Gasteiger partial charge in [0.05, 0.1) is 13.2 Å². The van der Waals surface area contributed by atoms with Crippen molar-refractivity contribution in [3.63, 3.8) is 0 Å². The van der Waals surface area contributed by atoms with E-state index in [-0.39, 0.29) is 5.56 Å². The topological polar surface area (TPSA) is 66.5 Å². The van der Waals surface area contributed by atoms with Gasteiger partial charge in [0.1, 0.15) is 11.4 Å². The number of nitrogens with two attached hydrogens (primary N) is 1. The van der Waals surface area contributed by atoms with Crippen LogP contribution in [0.15, 0.2) is 35.1 Å². The normalized spacial score (nSPS) is 22.4. The second-order valence-electron chi connectivity index (χ2n) is 5.24. The highest BCUT2D eigenvalue weighted by molar-refractivity contribution is 5.83. The number of ether oxygens (including phenoxy) is 2. The molecule has 3 rings (SSSR count). The van der Waals surface area contributed by atoms with Gasteiger partial charge in [0.15, 0.2) is 0 Å². The summed E-state index contributed by atoms with van der Waals surface area (Å²) < 4.78 is 12.6. The molecule has 0 aliphatic carbocycles. The summed E-state index contributed by atoms with van der Waals surface area (Å²) >= 11 is 0. The quantitative estimate of drug-likeness (QED) is 0.918. The van der Waals surface area contributed by atoms with E-state index >= 15 is 0 Å². The lowest BCUT2D eigenvalue weighted by molar-refractivity contribution is -0.0296. The predicted octanol–water partition coefficient (Wildman–Crippen LogP) is 1.39. The monoisotopic (exact) mass is 274 g/mol. The molecular formula is C15H18N2O3. The summed E-state index contributed by atoms with van der Waals surface area (Å²) in [5.74, 6) is 0.456. The van der Waals surface area contributed by atoms with E-state index in [4.69, 9.17) is 15.2 Å². The van der Waals surface area contributed by atoms with Gasteiger partial charge in [-0.15, -0.1) is 0 Å². The number of pyridine rings is 1. The number of rotatable bonds is 3. The van der Waals surface area contributed by atoms with Gasteiger partial charge in [-0.1, -0.05) is 18.2 Å². The van der Waals surface area contributed by atoms with E-state index in [1.807, 2.05) is 30.3 Å². The Balaban J connectivity index is 2.09. The van der Waals surface area contributed by atoms with E-state index in [1.54, 1.807) is 11.7 Å². The SMILES string of the molecule is COC1(Cn2c(N)cc3ccccc3c2=O)CCOC1. The molecule has 5 nitrogen and oxygen atoms in total. The van der Waals surface area contributed by atoms with E-state index in [0.717, 1.165) is 11.8 Å². The molecule has 1 aromatic heterocycles. The molecule has 106 valence electrons. The third-order valence-corrected chi connectivity index (χ3v) is 4.00. The van der Waals surface area contributed by atoms with Gasteiger partial charge in [-0.2, -0.15) is 0 Å². The Hall–Kier alpha value is -1.85. The van der Waals surface area contributed by atoms with Crippen LogP contribution in [0.2, 0.25) is 0 Å². The third kappa shape index (κ3) is 2.09. The summed E-state index contributed by atoms with van der Waals surface area (Å²) in [6, 6.07) is 9.29. The van der Waals surface area contributed by atoms with Gasteiger partial charge in [-0.3, -0.25) is 9.36 Å². The minimum atomic E-state index is -0.458. The number of aromatic nitrogens is 1. The molecule has 2 heterocycles. The molecule has 0 amide bonds. The number of hydrogen-bond donors (Lipinski definition) is 1. The molecule has 5 heteroatoms. The van der Waals surface area contributed by atoms with E-state index < -0.39 is 5.60 Å². The van der Waals surface area contributed by atoms with Crippen molar-refractivity contribution in [3.8, 4) is 0 Å². The van der Waals surface area contributed by atoms with E-state index in [1.165, 1.54) is 0 Å². The van der Waals surface area contributed by atoms with Gasteiger partial charge in [0, 0.05) is 25.5 Å². The zero-order valence-electron chi connectivity index (χ0n) is 11.5. The van der Waals surface area contributed by atoms with E-state index in [9.17, 15) is 4.79 Å². The van der Waals surface area contributed by atoms with Crippen LogP contribution in [0.5, 0.6) is 0 Å². The van der Waals surface area contributed by atoms with Crippen molar-refractivity contribution in [1.29, 1.82) is 0 Å². The Kier molecular flexibility index (Phi) is 3.23. The largest absolute Gasteiger partial charge is 0.385 e. The molecule has 1 saturated heterocycles. The Morgan fingerprint density at radius 3 is 2.95 bits per heavy atom. The maximum atomic E-state index is 12.6. The first-order valence-electron chi connectivity index (χ1n) is 6.66. The molecule has 0 saturated carbocycles. The number of hydrogen-bond acceptors (Lipinski definition) is 4. The highest BCUT2D eigenvalue weighted by Crippen LogP contribution is 2.25. The Morgan fingerprint density at radius 1 is 1.45 bits per heavy atom. The summed E-state index contributed by atoms with van der Waals surface area (Å²) in [7, 11) is 1.65. The first-order chi connectivity index (χ1) is 9.65. The van der Waals surface area contributed by atoms with Crippen LogP contribution < -0.4 is 11.3 Å². The summed E-state index contributed by atoms with van der Waals surface area (Å²) in [6.07, 6.45) is 0.766. The van der Waals surface area contributed by atoms with Crippen LogP contribution in [0, 0.1) is 0 Å². The average Bonchev–Trinajstić information content (AvgIpc) is 2.93. The number of methoxy groups -OCH3 is 1. The summed E-state index contributed by atoms with van der Waals surface area (Å²) in [5, 5.41) is 1.53. The molecule has 1 aromatic carbocycles. The van der Waals surface area contributed by atoms with Crippen LogP contribution in [-0.2, 0) is 16.0 Å². The van der Waals surface area contributed by atoms with Crippen LogP contribution in [0.3, 0.4) is 0 Å². The number of nitrogen functional groups attached to an aromatic ring is 1. The van der Waals surface area contributed by atoms with Crippen LogP contribution >= 0.6 is 0 Å². The maximum absolute atomic E-state index is 12.6. The average molecular weight is 274 g/mol. The molecule has 1 atom stereocenters. The van der Waals surface area contributed by atoms with Crippen molar-refractivity contribution in [3.05, 3.63) is 40.7 Å². The second-order valence-corrected chi connectivity index (χ2v) is 5.24. The van der Waals surface area contributed by atoms with Gasteiger partial charge in [-0.05, 0) is 17.5 Å². The first kappa shape index (κ1) is 13.1. The van der Waals surface area contributed by atoms with E-state index in [0.29, 0.717) is 31.0 Å². The standard InChI is InChI=1S/C15H18N2O3/c1-19-15(6-7-20-10-15)9-17-13(16)8-11-4-2-3-5-12(11)14(17)18/h2-5,8H,6-7,9-10,16H2,1H3. The van der Waals surface area contributed by atoms with Crippen molar-refractivity contribution >= 4 is 16.6 Å². The molecule has 20 heavy (non-hydrogen) atoms. The fourth-order valence-corrected chi connectivity index (χ4v) is 2.71. The molecule has 2 aromatic rings. The molecule has 0 spiro atoms. The second kappa shape index (κ2) is 4.92. The molecule has 1 fully saturated rings. The summed E-state index contributed by atoms with van der Waals surface area (Å²) in [5.41, 5.74) is 5.51.